The summed E-state index contributed by atoms with van der Waals surface area (Å²) in [5, 5.41) is 7.45. The average Bonchev–Trinajstić information content (AvgIpc) is 2.78. The van der Waals surface area contributed by atoms with Crippen molar-refractivity contribution in [2.24, 2.45) is 0 Å². The molecule has 0 bridgehead atoms. The topological polar surface area (TPSA) is 46.9 Å². The third-order valence-corrected chi connectivity index (χ3v) is 3.62. The van der Waals surface area contributed by atoms with Crippen LogP contribution >= 0.6 is 0 Å². The van der Waals surface area contributed by atoms with E-state index in [9.17, 15) is 4.79 Å². The Hall–Kier alpha value is -2.10. The molecule has 4 nitrogen and oxygen atoms in total. The van der Waals surface area contributed by atoms with Crippen LogP contribution in [0.2, 0.25) is 0 Å². The van der Waals surface area contributed by atoms with E-state index < -0.39 is 0 Å². The van der Waals surface area contributed by atoms with Gasteiger partial charge in [-0.05, 0) is 44.9 Å². The van der Waals surface area contributed by atoms with Gasteiger partial charge in [-0.2, -0.15) is 5.10 Å². The second-order valence-electron chi connectivity index (χ2n) is 5.48. The Kier molecular flexibility index (Phi) is 4.78. The predicted octanol–water partition coefficient (Wildman–Crippen LogP) is 3.65. The van der Waals surface area contributed by atoms with E-state index in [1.807, 2.05) is 55.8 Å². The SMILES string of the molecule is CCc1ccccc1NC(=O)C[C@@H](C)n1nc(C)cc1C. The third kappa shape index (κ3) is 3.72. The van der Waals surface area contributed by atoms with Crippen molar-refractivity contribution < 1.29 is 4.79 Å². The van der Waals surface area contributed by atoms with Crippen LogP contribution in [0.25, 0.3) is 0 Å². The van der Waals surface area contributed by atoms with Crippen LogP contribution in [0.3, 0.4) is 0 Å². The van der Waals surface area contributed by atoms with E-state index in [2.05, 4.69) is 17.3 Å². The number of hydrogen-bond acceptors (Lipinski definition) is 2. The smallest absolute Gasteiger partial charge is 0.226 e. The number of nitrogens with one attached hydrogen (secondary N) is 1. The van der Waals surface area contributed by atoms with Crippen molar-refractivity contribution in [2.75, 3.05) is 5.32 Å². The van der Waals surface area contributed by atoms with Crippen LogP contribution in [0.5, 0.6) is 0 Å². The van der Waals surface area contributed by atoms with Gasteiger partial charge in [0.05, 0.1) is 11.7 Å². The third-order valence-electron chi connectivity index (χ3n) is 3.62. The van der Waals surface area contributed by atoms with Gasteiger partial charge in [0.15, 0.2) is 0 Å². The molecule has 4 heteroatoms. The molecule has 2 rings (SSSR count). The molecule has 0 saturated carbocycles. The lowest BCUT2D eigenvalue weighted by Gasteiger charge is -2.15. The van der Waals surface area contributed by atoms with Crippen LogP contribution in [0, 0.1) is 13.8 Å². The Balaban J connectivity index is 2.03. The minimum atomic E-state index is 0.0240. The first-order chi connectivity index (χ1) is 10.0. The molecule has 1 heterocycles. The highest BCUT2D eigenvalue weighted by Gasteiger charge is 2.14. The molecule has 112 valence electrons. The maximum Gasteiger partial charge on any atom is 0.226 e. The number of para-hydroxylation sites is 1. The summed E-state index contributed by atoms with van der Waals surface area (Å²) in [7, 11) is 0. The van der Waals surface area contributed by atoms with Gasteiger partial charge < -0.3 is 5.32 Å². The average molecular weight is 285 g/mol. The van der Waals surface area contributed by atoms with Gasteiger partial charge >= 0.3 is 0 Å². The molecule has 1 atom stereocenters. The van der Waals surface area contributed by atoms with Gasteiger partial charge in [0.2, 0.25) is 5.91 Å². The number of rotatable bonds is 5. The number of benzene rings is 1. The van der Waals surface area contributed by atoms with Crippen LogP contribution in [-0.4, -0.2) is 15.7 Å². The van der Waals surface area contributed by atoms with Gasteiger partial charge in [-0.15, -0.1) is 0 Å². The molecule has 0 fully saturated rings. The number of nitrogens with zero attached hydrogens (tertiary/aromatic N) is 2. The first-order valence-electron chi connectivity index (χ1n) is 7.41. The molecule has 21 heavy (non-hydrogen) atoms. The molecule has 1 amide bonds. The summed E-state index contributed by atoms with van der Waals surface area (Å²) >= 11 is 0. The van der Waals surface area contributed by atoms with Crippen molar-refractivity contribution >= 4 is 11.6 Å². The highest BCUT2D eigenvalue weighted by Crippen LogP contribution is 2.18. The van der Waals surface area contributed by atoms with E-state index in [1.165, 1.54) is 0 Å². The Morgan fingerprint density at radius 3 is 2.67 bits per heavy atom. The molecule has 0 saturated heterocycles. The molecular weight excluding hydrogens is 262 g/mol. The first-order valence-corrected chi connectivity index (χ1v) is 7.41. The van der Waals surface area contributed by atoms with Crippen molar-refractivity contribution in [3.05, 3.63) is 47.3 Å². The zero-order valence-electron chi connectivity index (χ0n) is 13.2. The number of carbonyl (C=O) groups excluding carboxylic acids is 1. The van der Waals surface area contributed by atoms with Crippen molar-refractivity contribution in [3.63, 3.8) is 0 Å². The van der Waals surface area contributed by atoms with Crippen molar-refractivity contribution in [1.82, 2.24) is 9.78 Å². The van der Waals surface area contributed by atoms with Gasteiger partial charge in [0.1, 0.15) is 0 Å². The monoisotopic (exact) mass is 285 g/mol. The van der Waals surface area contributed by atoms with E-state index in [0.29, 0.717) is 6.42 Å². The summed E-state index contributed by atoms with van der Waals surface area (Å²) < 4.78 is 1.92. The summed E-state index contributed by atoms with van der Waals surface area (Å²) in [4.78, 5) is 12.2. The molecule has 0 aliphatic carbocycles. The zero-order valence-corrected chi connectivity index (χ0v) is 13.2. The molecule has 1 N–H and O–H groups in total. The number of carbonyl (C=O) groups is 1. The van der Waals surface area contributed by atoms with E-state index in [-0.39, 0.29) is 11.9 Å². The lowest BCUT2D eigenvalue weighted by molar-refractivity contribution is -0.116. The molecule has 1 aromatic heterocycles. The highest BCUT2D eigenvalue weighted by molar-refractivity contribution is 5.91. The lowest BCUT2D eigenvalue weighted by Crippen LogP contribution is -2.19. The van der Waals surface area contributed by atoms with E-state index in [1.54, 1.807) is 0 Å². The van der Waals surface area contributed by atoms with Crippen molar-refractivity contribution in [1.29, 1.82) is 0 Å². The number of hydrogen-bond donors (Lipinski definition) is 1. The van der Waals surface area contributed by atoms with Crippen LogP contribution < -0.4 is 5.32 Å². The summed E-state index contributed by atoms with van der Waals surface area (Å²) in [6.45, 7) is 8.09. The quantitative estimate of drug-likeness (QED) is 0.911. The second-order valence-corrected chi connectivity index (χ2v) is 5.48. The fourth-order valence-electron chi connectivity index (χ4n) is 2.60. The van der Waals surface area contributed by atoms with Gasteiger partial charge in [-0.1, -0.05) is 25.1 Å². The maximum atomic E-state index is 12.2. The second kappa shape index (κ2) is 6.57. The minimum Gasteiger partial charge on any atom is -0.326 e. The molecule has 0 unspecified atom stereocenters. The van der Waals surface area contributed by atoms with Crippen molar-refractivity contribution in [3.8, 4) is 0 Å². The van der Waals surface area contributed by atoms with Crippen LogP contribution in [0.15, 0.2) is 30.3 Å². The Bertz CT molecular complexity index is 631. The van der Waals surface area contributed by atoms with Crippen LogP contribution in [0.4, 0.5) is 5.69 Å². The molecular formula is C17H23N3O. The molecule has 1 aromatic carbocycles. The molecule has 0 radical (unpaired) electrons. The highest BCUT2D eigenvalue weighted by atomic mass is 16.1. The van der Waals surface area contributed by atoms with E-state index in [0.717, 1.165) is 29.1 Å². The predicted molar refractivity (Wildman–Crippen MR) is 85.5 cm³/mol. The molecule has 0 aliphatic heterocycles. The first kappa shape index (κ1) is 15.3. The van der Waals surface area contributed by atoms with Gasteiger partial charge in [-0.3, -0.25) is 9.48 Å². The van der Waals surface area contributed by atoms with E-state index in [4.69, 9.17) is 0 Å². The zero-order chi connectivity index (χ0) is 15.4. The van der Waals surface area contributed by atoms with Gasteiger partial charge in [0.25, 0.3) is 0 Å². The van der Waals surface area contributed by atoms with Crippen LogP contribution in [-0.2, 0) is 11.2 Å². The van der Waals surface area contributed by atoms with E-state index >= 15 is 0 Å². The van der Waals surface area contributed by atoms with Gasteiger partial charge in [0, 0.05) is 17.8 Å². The lowest BCUT2D eigenvalue weighted by atomic mass is 10.1. The number of amides is 1. The maximum absolute atomic E-state index is 12.2. The Labute approximate surface area is 126 Å². The fraction of sp³-hybridized carbons (Fsp3) is 0.412. The Morgan fingerprint density at radius 2 is 2.05 bits per heavy atom. The Morgan fingerprint density at radius 1 is 1.33 bits per heavy atom. The number of aromatic nitrogens is 2. The van der Waals surface area contributed by atoms with Gasteiger partial charge in [-0.25, -0.2) is 0 Å². The summed E-state index contributed by atoms with van der Waals surface area (Å²) in [5.41, 5.74) is 4.13. The normalized spacial score (nSPS) is 12.2. The fourth-order valence-corrected chi connectivity index (χ4v) is 2.60. The van der Waals surface area contributed by atoms with Crippen molar-refractivity contribution in [2.45, 2.75) is 46.6 Å². The molecule has 2 aromatic rings. The minimum absolute atomic E-state index is 0.0240. The summed E-state index contributed by atoms with van der Waals surface area (Å²) in [5.74, 6) is 0.0240. The number of aryl methyl sites for hydroxylation is 3. The molecule has 0 spiro atoms. The summed E-state index contributed by atoms with van der Waals surface area (Å²) in [6, 6.07) is 10.0. The summed E-state index contributed by atoms with van der Waals surface area (Å²) in [6.07, 6.45) is 1.32. The number of anilines is 1. The molecule has 0 aliphatic rings. The standard InChI is InChI=1S/C17H23N3O/c1-5-15-8-6-7-9-16(15)18-17(21)11-14(4)20-13(3)10-12(2)19-20/h6-10,14H,5,11H2,1-4H3,(H,18,21)/t14-/m1/s1. The van der Waals surface area contributed by atoms with Crippen LogP contribution in [0.1, 0.15) is 43.3 Å². The largest absolute Gasteiger partial charge is 0.326 e.